The van der Waals surface area contributed by atoms with Crippen LogP contribution in [0.15, 0.2) is 53.6 Å². The van der Waals surface area contributed by atoms with E-state index in [-0.39, 0.29) is 16.9 Å². The van der Waals surface area contributed by atoms with Gasteiger partial charge in [-0.05, 0) is 61.9 Å². The van der Waals surface area contributed by atoms with E-state index in [0.29, 0.717) is 42.4 Å². The minimum absolute atomic E-state index is 0.129. The molecule has 0 saturated carbocycles. The van der Waals surface area contributed by atoms with Gasteiger partial charge in [0.15, 0.2) is 17.1 Å². The fourth-order valence-electron chi connectivity index (χ4n) is 6.29. The third kappa shape index (κ3) is 5.48. The molecule has 4 aromatic rings. The molecule has 1 saturated heterocycles. The lowest BCUT2D eigenvalue weighted by Crippen LogP contribution is -2.48. The highest BCUT2D eigenvalue weighted by atomic mass is 19.2. The van der Waals surface area contributed by atoms with Crippen molar-refractivity contribution >= 4 is 22.4 Å². The van der Waals surface area contributed by atoms with Gasteiger partial charge in [0.25, 0.3) is 0 Å². The van der Waals surface area contributed by atoms with Gasteiger partial charge >= 0.3 is 0 Å². The Balaban J connectivity index is 1.41. The lowest BCUT2D eigenvalue weighted by Gasteiger charge is -2.41. The van der Waals surface area contributed by atoms with Crippen molar-refractivity contribution in [3.8, 4) is 5.88 Å². The van der Waals surface area contributed by atoms with E-state index < -0.39 is 11.6 Å². The Bertz CT molecular complexity index is 1620. The first-order valence-electron chi connectivity index (χ1n) is 14.1. The number of methoxy groups -OCH3 is 1. The minimum Gasteiger partial charge on any atom is -0.481 e. The third-order valence-corrected chi connectivity index (χ3v) is 8.37. The molecular formula is C31H34F2N6O2. The average molecular weight is 561 g/mol. The van der Waals surface area contributed by atoms with Gasteiger partial charge in [-0.1, -0.05) is 0 Å². The Morgan fingerprint density at radius 1 is 1.05 bits per heavy atom. The summed E-state index contributed by atoms with van der Waals surface area (Å²) in [7, 11) is 1.59. The van der Waals surface area contributed by atoms with Crippen molar-refractivity contribution in [2.45, 2.75) is 57.8 Å². The van der Waals surface area contributed by atoms with Crippen LogP contribution in [-0.4, -0.2) is 45.7 Å². The Hall–Kier alpha value is -4.05. The summed E-state index contributed by atoms with van der Waals surface area (Å²) in [5.41, 5.74) is 9.69. The van der Waals surface area contributed by atoms with Crippen molar-refractivity contribution < 1.29 is 13.5 Å². The topological polar surface area (TPSA) is 89.5 Å². The Kier molecular flexibility index (Phi) is 7.57. The van der Waals surface area contributed by atoms with E-state index in [1.807, 2.05) is 28.8 Å². The molecular weight excluding hydrogens is 526 g/mol. The van der Waals surface area contributed by atoms with Gasteiger partial charge in [-0.3, -0.25) is 9.69 Å². The van der Waals surface area contributed by atoms with Gasteiger partial charge in [-0.15, -0.1) is 0 Å². The lowest BCUT2D eigenvalue weighted by atomic mass is 9.97. The van der Waals surface area contributed by atoms with Crippen LogP contribution >= 0.6 is 0 Å². The molecule has 2 aliphatic rings. The number of fused-ring (bicyclic) bond motifs is 3. The SMILES string of the molecule is COc1cc(CN(Cc2c3n(c4cc(F)c(F)cc4c2=O)CCCC3)C2CCCN(c3ccc(N)nc3)C2)ccn1. The molecule has 0 spiro atoms. The minimum atomic E-state index is -1.00. The molecule has 41 heavy (non-hydrogen) atoms. The second-order valence-electron chi connectivity index (χ2n) is 10.9. The Morgan fingerprint density at radius 2 is 1.90 bits per heavy atom. The summed E-state index contributed by atoms with van der Waals surface area (Å²) < 4.78 is 36.0. The number of hydrogen-bond donors (Lipinski definition) is 1. The zero-order valence-corrected chi connectivity index (χ0v) is 23.2. The lowest BCUT2D eigenvalue weighted by molar-refractivity contribution is 0.157. The number of piperidine rings is 1. The summed E-state index contributed by atoms with van der Waals surface area (Å²) in [5, 5.41) is 0.230. The van der Waals surface area contributed by atoms with Gasteiger partial charge in [0.1, 0.15) is 5.82 Å². The van der Waals surface area contributed by atoms with Crippen molar-refractivity contribution in [3.63, 3.8) is 0 Å². The molecule has 1 unspecified atom stereocenters. The van der Waals surface area contributed by atoms with Gasteiger partial charge in [-0.2, -0.15) is 0 Å². The molecule has 1 fully saturated rings. The van der Waals surface area contributed by atoms with Crippen molar-refractivity contribution in [2.24, 2.45) is 0 Å². The van der Waals surface area contributed by atoms with Crippen LogP contribution in [0.5, 0.6) is 5.88 Å². The zero-order valence-electron chi connectivity index (χ0n) is 23.2. The summed E-state index contributed by atoms with van der Waals surface area (Å²) in [6, 6.07) is 10.0. The maximum atomic E-state index is 14.4. The van der Waals surface area contributed by atoms with Crippen LogP contribution in [0, 0.1) is 11.6 Å². The van der Waals surface area contributed by atoms with Gasteiger partial charge in [0.2, 0.25) is 5.88 Å². The number of aryl methyl sites for hydroxylation is 1. The number of ether oxygens (including phenoxy) is 1. The van der Waals surface area contributed by atoms with E-state index >= 15 is 0 Å². The van der Waals surface area contributed by atoms with Crippen LogP contribution < -0.4 is 20.8 Å². The molecule has 5 heterocycles. The van der Waals surface area contributed by atoms with Gasteiger partial charge < -0.3 is 19.9 Å². The summed E-state index contributed by atoms with van der Waals surface area (Å²) >= 11 is 0. The Morgan fingerprint density at radius 3 is 2.71 bits per heavy atom. The smallest absolute Gasteiger partial charge is 0.213 e. The van der Waals surface area contributed by atoms with Crippen LogP contribution in [0.4, 0.5) is 20.3 Å². The van der Waals surface area contributed by atoms with E-state index in [1.54, 1.807) is 19.5 Å². The predicted octanol–water partition coefficient (Wildman–Crippen LogP) is 4.67. The first kappa shape index (κ1) is 27.1. The summed E-state index contributed by atoms with van der Waals surface area (Å²) in [6.07, 6.45) is 8.06. The molecule has 1 aromatic carbocycles. The number of anilines is 2. The van der Waals surface area contributed by atoms with Gasteiger partial charge in [-0.25, -0.2) is 18.7 Å². The normalized spacial score (nSPS) is 17.2. The largest absolute Gasteiger partial charge is 0.481 e. The highest BCUT2D eigenvalue weighted by Gasteiger charge is 2.29. The van der Waals surface area contributed by atoms with Gasteiger partial charge in [0.05, 0.1) is 24.5 Å². The third-order valence-electron chi connectivity index (χ3n) is 8.37. The average Bonchev–Trinajstić information content (AvgIpc) is 3.00. The zero-order chi connectivity index (χ0) is 28.5. The van der Waals surface area contributed by atoms with Crippen molar-refractivity contribution in [2.75, 3.05) is 30.8 Å². The van der Waals surface area contributed by atoms with E-state index in [2.05, 4.69) is 19.8 Å². The quantitative estimate of drug-likeness (QED) is 0.352. The number of nitrogen functional groups attached to an aromatic ring is 1. The standard InChI is InChI=1S/C31H34F2N6O2/c1-41-30-13-20(9-10-35-30)17-38(22-5-4-11-37(18-22)21-7-8-29(34)36-16-21)19-24-27-6-2-3-12-39(27)28-15-26(33)25(32)14-23(28)31(24)40/h7-10,13-16,22H,2-6,11-12,17-19H2,1H3,(H2,34,36). The molecule has 2 aliphatic heterocycles. The second-order valence-corrected chi connectivity index (χ2v) is 10.9. The number of benzene rings is 1. The first-order valence-corrected chi connectivity index (χ1v) is 14.1. The number of hydrogen-bond acceptors (Lipinski definition) is 7. The molecule has 0 bridgehead atoms. The molecule has 0 radical (unpaired) electrons. The summed E-state index contributed by atoms with van der Waals surface area (Å²) in [6.45, 7) is 3.30. The monoisotopic (exact) mass is 560 g/mol. The molecule has 6 rings (SSSR count). The van der Waals surface area contributed by atoms with Crippen molar-refractivity contribution in [1.29, 1.82) is 0 Å². The van der Waals surface area contributed by atoms with E-state index in [0.717, 1.165) is 68.2 Å². The number of halogens is 2. The summed E-state index contributed by atoms with van der Waals surface area (Å²) in [5.74, 6) is -0.926. The number of nitrogens with two attached hydrogens (primary N) is 1. The van der Waals surface area contributed by atoms with Crippen molar-refractivity contribution in [1.82, 2.24) is 19.4 Å². The van der Waals surface area contributed by atoms with Crippen LogP contribution in [0.3, 0.4) is 0 Å². The number of aromatic nitrogens is 3. The molecule has 0 aliphatic carbocycles. The summed E-state index contributed by atoms with van der Waals surface area (Å²) in [4.78, 5) is 27.1. The van der Waals surface area contributed by atoms with Gasteiger partial charge in [0, 0.05) is 73.7 Å². The number of nitrogens with zero attached hydrogens (tertiary/aromatic N) is 5. The molecule has 0 amide bonds. The maximum Gasteiger partial charge on any atom is 0.213 e. The predicted molar refractivity (Wildman–Crippen MR) is 155 cm³/mol. The molecule has 8 nitrogen and oxygen atoms in total. The molecule has 214 valence electrons. The molecule has 2 N–H and O–H groups in total. The number of rotatable bonds is 7. The van der Waals surface area contributed by atoms with Crippen LogP contribution in [0.2, 0.25) is 0 Å². The molecule has 1 atom stereocenters. The molecule has 3 aromatic heterocycles. The maximum absolute atomic E-state index is 14.4. The fraction of sp³-hybridized carbons (Fsp3) is 0.387. The van der Waals surface area contributed by atoms with Crippen molar-refractivity contribution in [3.05, 3.63) is 87.5 Å². The van der Waals surface area contributed by atoms with Crippen LogP contribution in [-0.2, 0) is 26.1 Å². The number of pyridine rings is 3. The fourth-order valence-corrected chi connectivity index (χ4v) is 6.29. The first-order chi connectivity index (χ1) is 19.9. The van der Waals surface area contributed by atoms with Crippen LogP contribution in [0.25, 0.3) is 10.9 Å². The highest BCUT2D eigenvalue weighted by Crippen LogP contribution is 2.29. The van der Waals surface area contributed by atoms with E-state index in [9.17, 15) is 13.6 Å². The Labute approximate surface area is 237 Å². The molecule has 10 heteroatoms. The van der Waals surface area contributed by atoms with E-state index in [4.69, 9.17) is 10.5 Å². The van der Waals surface area contributed by atoms with E-state index in [1.165, 1.54) is 6.07 Å². The second kappa shape index (κ2) is 11.4. The highest BCUT2D eigenvalue weighted by molar-refractivity contribution is 5.80. The van der Waals surface area contributed by atoms with Crippen LogP contribution in [0.1, 0.15) is 42.5 Å².